The van der Waals surface area contributed by atoms with Gasteiger partial charge in [-0.05, 0) is 25.5 Å². The number of hydrogen-bond acceptors (Lipinski definition) is 5. The van der Waals surface area contributed by atoms with Gasteiger partial charge in [0.05, 0.1) is 4.90 Å². The number of terminal acetylenes is 1. The summed E-state index contributed by atoms with van der Waals surface area (Å²) in [4.78, 5) is 11.1. The van der Waals surface area contributed by atoms with Crippen LogP contribution in [0.1, 0.15) is 18.4 Å². The van der Waals surface area contributed by atoms with Gasteiger partial charge in [-0.3, -0.25) is 4.79 Å². The molecule has 1 aromatic carbocycles. The van der Waals surface area contributed by atoms with Gasteiger partial charge in [0.25, 0.3) is 10.1 Å². The smallest absolute Gasteiger partial charge is 0.306 e. The maximum Gasteiger partial charge on any atom is 0.306 e. The normalized spacial score (nSPS) is 20.2. The van der Waals surface area contributed by atoms with Crippen LogP contribution in [-0.2, 0) is 23.8 Å². The Kier molecular flexibility index (Phi) is 4.12. The summed E-state index contributed by atoms with van der Waals surface area (Å²) in [6, 6.07) is 6.21. The average molecular weight is 294 g/mol. The summed E-state index contributed by atoms with van der Waals surface area (Å²) in [6.07, 6.45) is 4.03. The van der Waals surface area contributed by atoms with Gasteiger partial charge in [-0.1, -0.05) is 23.6 Å². The molecule has 0 radical (unpaired) electrons. The Hall–Kier alpha value is -1.84. The number of rotatable bonds is 4. The molecule has 0 aromatic heterocycles. The molecule has 1 aliphatic heterocycles. The van der Waals surface area contributed by atoms with E-state index in [9.17, 15) is 13.2 Å². The number of cyclic esters (lactones) is 1. The lowest BCUT2D eigenvalue weighted by atomic mass is 10.1. The van der Waals surface area contributed by atoms with Crippen molar-refractivity contribution in [3.63, 3.8) is 0 Å². The SMILES string of the molecule is C#C[C@H](OS(=O)(=O)c1ccc(C)cc1)[C@@H]1CCC(=O)O1. The quantitative estimate of drug-likeness (QED) is 0.477. The monoisotopic (exact) mass is 294 g/mol. The molecule has 6 heteroatoms. The molecule has 0 aliphatic carbocycles. The molecule has 0 unspecified atom stereocenters. The fourth-order valence-corrected chi connectivity index (χ4v) is 2.89. The van der Waals surface area contributed by atoms with E-state index >= 15 is 0 Å². The van der Waals surface area contributed by atoms with E-state index in [2.05, 4.69) is 5.92 Å². The largest absolute Gasteiger partial charge is 0.458 e. The molecule has 0 spiro atoms. The van der Waals surface area contributed by atoms with Crippen molar-refractivity contribution in [1.29, 1.82) is 0 Å². The van der Waals surface area contributed by atoms with Crippen molar-refractivity contribution in [2.75, 3.05) is 0 Å². The van der Waals surface area contributed by atoms with E-state index in [1.54, 1.807) is 12.1 Å². The highest BCUT2D eigenvalue weighted by molar-refractivity contribution is 7.86. The fraction of sp³-hybridized carbons (Fsp3) is 0.357. The Morgan fingerprint density at radius 1 is 1.40 bits per heavy atom. The van der Waals surface area contributed by atoms with Crippen molar-refractivity contribution in [1.82, 2.24) is 0 Å². The third-order valence-electron chi connectivity index (χ3n) is 2.96. The van der Waals surface area contributed by atoms with Crippen LogP contribution in [0.5, 0.6) is 0 Å². The summed E-state index contributed by atoms with van der Waals surface area (Å²) in [6.45, 7) is 1.85. The van der Waals surface area contributed by atoms with Crippen LogP contribution in [-0.4, -0.2) is 26.6 Å². The van der Waals surface area contributed by atoms with Gasteiger partial charge in [-0.15, -0.1) is 6.42 Å². The Morgan fingerprint density at radius 3 is 2.55 bits per heavy atom. The molecule has 1 saturated heterocycles. The lowest BCUT2D eigenvalue weighted by Crippen LogP contribution is -2.30. The van der Waals surface area contributed by atoms with E-state index in [1.807, 2.05) is 6.92 Å². The van der Waals surface area contributed by atoms with E-state index in [4.69, 9.17) is 15.3 Å². The van der Waals surface area contributed by atoms with Gasteiger partial charge >= 0.3 is 5.97 Å². The fourth-order valence-electron chi connectivity index (χ4n) is 1.85. The molecule has 106 valence electrons. The highest BCUT2D eigenvalue weighted by Gasteiger charge is 2.34. The molecule has 1 aliphatic rings. The first-order chi connectivity index (χ1) is 9.42. The molecule has 1 aromatic rings. The van der Waals surface area contributed by atoms with Gasteiger partial charge in [-0.25, -0.2) is 4.18 Å². The highest BCUT2D eigenvalue weighted by atomic mass is 32.2. The topological polar surface area (TPSA) is 69.7 Å². The second-order valence-electron chi connectivity index (χ2n) is 4.52. The van der Waals surface area contributed by atoms with Crippen molar-refractivity contribution in [2.24, 2.45) is 0 Å². The maximum atomic E-state index is 12.1. The third-order valence-corrected chi connectivity index (χ3v) is 4.27. The number of carbonyl (C=O) groups is 1. The first-order valence-electron chi connectivity index (χ1n) is 6.08. The molecular weight excluding hydrogens is 280 g/mol. The molecule has 0 N–H and O–H groups in total. The van der Waals surface area contributed by atoms with E-state index in [0.717, 1.165) is 5.56 Å². The zero-order valence-corrected chi connectivity index (χ0v) is 11.7. The summed E-state index contributed by atoms with van der Waals surface area (Å²) < 4.78 is 34.1. The standard InChI is InChI=1S/C14H14O5S/c1-3-12(13-8-9-14(15)18-13)19-20(16,17)11-6-4-10(2)5-7-11/h1,4-7,12-13H,8-9H2,2H3/t12-,13-/m0/s1. The predicted molar refractivity (Wildman–Crippen MR) is 71.2 cm³/mol. The van der Waals surface area contributed by atoms with Crippen LogP contribution in [0.3, 0.4) is 0 Å². The first kappa shape index (κ1) is 14.6. The van der Waals surface area contributed by atoms with Gasteiger partial charge in [0.15, 0.2) is 6.10 Å². The van der Waals surface area contributed by atoms with Gasteiger partial charge in [0, 0.05) is 6.42 Å². The summed E-state index contributed by atoms with van der Waals surface area (Å²) >= 11 is 0. The average Bonchev–Trinajstić information content (AvgIpc) is 2.83. The van der Waals surface area contributed by atoms with Crippen LogP contribution in [0.25, 0.3) is 0 Å². The van der Waals surface area contributed by atoms with E-state index in [1.165, 1.54) is 12.1 Å². The van der Waals surface area contributed by atoms with Crippen molar-refractivity contribution in [3.05, 3.63) is 29.8 Å². The molecule has 1 fully saturated rings. The minimum absolute atomic E-state index is 0.0210. The van der Waals surface area contributed by atoms with Crippen molar-refractivity contribution in [2.45, 2.75) is 36.9 Å². The summed E-state index contributed by atoms with van der Waals surface area (Å²) in [7, 11) is -3.98. The Labute approximate surface area is 118 Å². The van der Waals surface area contributed by atoms with E-state index in [0.29, 0.717) is 6.42 Å². The van der Waals surface area contributed by atoms with E-state index in [-0.39, 0.29) is 11.3 Å². The van der Waals surface area contributed by atoms with Gasteiger partial charge < -0.3 is 4.74 Å². The Morgan fingerprint density at radius 2 is 2.05 bits per heavy atom. The lowest BCUT2D eigenvalue weighted by Gasteiger charge is -2.17. The number of carbonyl (C=O) groups excluding carboxylic acids is 1. The molecular formula is C14H14O5S. The minimum atomic E-state index is -3.98. The van der Waals surface area contributed by atoms with Crippen LogP contribution >= 0.6 is 0 Å². The van der Waals surface area contributed by atoms with Gasteiger partial charge in [-0.2, -0.15) is 8.42 Å². The highest BCUT2D eigenvalue weighted by Crippen LogP contribution is 2.23. The van der Waals surface area contributed by atoms with E-state index < -0.39 is 28.3 Å². The zero-order valence-electron chi connectivity index (χ0n) is 10.9. The van der Waals surface area contributed by atoms with Crippen molar-refractivity contribution >= 4 is 16.1 Å². The van der Waals surface area contributed by atoms with Crippen LogP contribution in [0.15, 0.2) is 29.2 Å². The van der Waals surface area contributed by atoms with Crippen LogP contribution in [0, 0.1) is 19.3 Å². The molecule has 1 heterocycles. The van der Waals surface area contributed by atoms with Crippen LogP contribution in [0.2, 0.25) is 0 Å². The molecule has 0 bridgehead atoms. The number of hydrogen-bond donors (Lipinski definition) is 0. The summed E-state index contributed by atoms with van der Waals surface area (Å²) in [5, 5.41) is 0. The Bertz CT molecular complexity index is 639. The van der Waals surface area contributed by atoms with Gasteiger partial charge in [0.1, 0.15) is 6.10 Å². The number of aryl methyl sites for hydroxylation is 1. The second kappa shape index (κ2) is 5.65. The molecule has 0 amide bonds. The maximum absolute atomic E-state index is 12.1. The third kappa shape index (κ3) is 3.18. The second-order valence-corrected chi connectivity index (χ2v) is 6.09. The number of ether oxygens (including phenoxy) is 1. The summed E-state index contributed by atoms with van der Waals surface area (Å²) in [5.41, 5.74) is 0.933. The first-order valence-corrected chi connectivity index (χ1v) is 7.49. The summed E-state index contributed by atoms with van der Waals surface area (Å²) in [5.74, 6) is 1.83. The molecule has 0 saturated carbocycles. The molecule has 2 rings (SSSR count). The van der Waals surface area contributed by atoms with Crippen molar-refractivity contribution < 1.29 is 22.1 Å². The zero-order chi connectivity index (χ0) is 14.8. The molecule has 5 nitrogen and oxygen atoms in total. The minimum Gasteiger partial charge on any atom is -0.458 e. The molecule has 2 atom stereocenters. The van der Waals surface area contributed by atoms with Gasteiger partial charge in [0.2, 0.25) is 0 Å². The predicted octanol–water partition coefficient (Wildman–Crippen LogP) is 1.41. The molecule has 20 heavy (non-hydrogen) atoms. The number of esters is 1. The number of benzene rings is 1. The van der Waals surface area contributed by atoms with Crippen molar-refractivity contribution in [3.8, 4) is 12.3 Å². The van der Waals surface area contributed by atoms with Crippen LogP contribution in [0.4, 0.5) is 0 Å². The Balaban J connectivity index is 2.16. The lowest BCUT2D eigenvalue weighted by molar-refractivity contribution is -0.143. The van der Waals surface area contributed by atoms with Crippen LogP contribution < -0.4 is 0 Å².